The summed E-state index contributed by atoms with van der Waals surface area (Å²) in [4.78, 5) is 0. The average molecular weight is 509 g/mol. The predicted molar refractivity (Wildman–Crippen MR) is 132 cm³/mol. The third kappa shape index (κ3) is 4.57. The minimum atomic E-state index is -0.742. The number of nitrogens with zero attached hydrogens (tertiary/aromatic N) is 6. The number of aromatic nitrogens is 7. The zero-order valence-corrected chi connectivity index (χ0v) is 20.8. The largest absolute Gasteiger partial charge is 0.504 e. The van der Waals surface area contributed by atoms with Gasteiger partial charge in [-0.3, -0.25) is 5.10 Å². The summed E-state index contributed by atoms with van der Waals surface area (Å²) in [5.41, 5.74) is 2.35. The molecule has 9 nitrogen and oxygen atoms in total. The fourth-order valence-corrected chi connectivity index (χ4v) is 4.96. The molecule has 0 aliphatic carbocycles. The molecule has 1 aliphatic rings. The predicted octanol–water partition coefficient (Wildman–Crippen LogP) is 4.45. The Hall–Kier alpha value is -2.82. The van der Waals surface area contributed by atoms with Crippen LogP contribution in [0.4, 0.5) is 4.39 Å². The van der Waals surface area contributed by atoms with Gasteiger partial charge in [0.2, 0.25) is 5.65 Å². The van der Waals surface area contributed by atoms with Crippen molar-refractivity contribution in [3.05, 3.63) is 36.4 Å². The molecule has 3 aromatic heterocycles. The summed E-state index contributed by atoms with van der Waals surface area (Å²) < 4.78 is 16.7. The second-order valence-corrected chi connectivity index (χ2v) is 9.74. The van der Waals surface area contributed by atoms with Crippen LogP contribution in [0.3, 0.4) is 0 Å². The van der Waals surface area contributed by atoms with Gasteiger partial charge in [0.05, 0.1) is 17.9 Å². The van der Waals surface area contributed by atoms with Crippen molar-refractivity contribution in [1.29, 1.82) is 0 Å². The molecule has 0 spiro atoms. The van der Waals surface area contributed by atoms with Crippen LogP contribution in [0.1, 0.15) is 46.6 Å². The molecule has 4 heterocycles. The second kappa shape index (κ2) is 9.09. The van der Waals surface area contributed by atoms with Crippen LogP contribution >= 0.6 is 24.8 Å². The first kappa shape index (κ1) is 25.8. The van der Waals surface area contributed by atoms with Crippen LogP contribution in [-0.4, -0.2) is 51.6 Å². The van der Waals surface area contributed by atoms with Crippen LogP contribution in [0.5, 0.6) is 5.75 Å². The fraction of sp³-hybridized carbons (Fsp3) is 0.409. The number of fused-ring (bicyclic) bond motifs is 1. The zero-order chi connectivity index (χ0) is 22.7. The molecule has 5 rings (SSSR count). The van der Waals surface area contributed by atoms with Crippen LogP contribution in [0.15, 0.2) is 30.6 Å². The van der Waals surface area contributed by atoms with Crippen molar-refractivity contribution < 1.29 is 9.50 Å². The number of hydrogen-bond acceptors (Lipinski definition) is 7. The minimum Gasteiger partial charge on any atom is -0.504 e. The number of rotatable bonds is 3. The summed E-state index contributed by atoms with van der Waals surface area (Å²) in [5.74, 6) is -1.24. The van der Waals surface area contributed by atoms with Crippen LogP contribution in [0.2, 0.25) is 0 Å². The molecule has 1 aliphatic heterocycles. The number of aromatic amines is 1. The fourth-order valence-electron chi connectivity index (χ4n) is 4.96. The highest BCUT2D eigenvalue weighted by Crippen LogP contribution is 2.38. The highest BCUT2D eigenvalue weighted by Gasteiger charge is 2.39. The van der Waals surface area contributed by atoms with Crippen LogP contribution in [-0.2, 0) is 0 Å². The molecule has 4 aromatic rings. The molecule has 0 saturated carbocycles. The van der Waals surface area contributed by atoms with Gasteiger partial charge in [-0.15, -0.1) is 40.1 Å². The lowest BCUT2D eigenvalue weighted by atomic mass is 9.80. The molecule has 1 aromatic carbocycles. The van der Waals surface area contributed by atoms with Crippen molar-refractivity contribution in [2.45, 2.75) is 57.7 Å². The number of aromatic hydroxyl groups is 1. The Balaban J connectivity index is 0.00000162. The van der Waals surface area contributed by atoms with Gasteiger partial charge < -0.3 is 10.4 Å². The van der Waals surface area contributed by atoms with Gasteiger partial charge in [-0.1, -0.05) is 11.3 Å². The number of benzene rings is 1. The molecule has 0 radical (unpaired) electrons. The van der Waals surface area contributed by atoms with Crippen molar-refractivity contribution in [2.24, 2.45) is 0 Å². The van der Waals surface area contributed by atoms with Crippen molar-refractivity contribution in [3.63, 3.8) is 0 Å². The Morgan fingerprint density at radius 2 is 1.71 bits per heavy atom. The molecule has 1 fully saturated rings. The van der Waals surface area contributed by atoms with Gasteiger partial charge >= 0.3 is 0 Å². The van der Waals surface area contributed by atoms with E-state index in [0.717, 1.165) is 12.8 Å². The molecule has 34 heavy (non-hydrogen) atoms. The van der Waals surface area contributed by atoms with E-state index in [1.807, 2.05) is 4.68 Å². The van der Waals surface area contributed by atoms with E-state index < -0.39 is 11.6 Å². The van der Waals surface area contributed by atoms with Crippen molar-refractivity contribution in [2.75, 3.05) is 0 Å². The standard InChI is InChI=1S/C22H25FN8O.2ClH/c1-21(2)8-13(9-22(3,4)29-21)31-20-17(27-30-31)7-16(26-28-20)15-6-5-14(18(23)19(15)32)12-10-24-25-11-12;;/h5-7,10-11,13,29,32H,8-9H2,1-4H3,(H,24,25);2*1H. The zero-order valence-electron chi connectivity index (χ0n) is 19.2. The lowest BCUT2D eigenvalue weighted by molar-refractivity contribution is 0.127. The summed E-state index contributed by atoms with van der Waals surface area (Å²) in [5, 5.41) is 37.9. The number of H-pyrrole nitrogens is 1. The Bertz CT molecular complexity index is 1290. The van der Waals surface area contributed by atoms with Gasteiger partial charge in [0.1, 0.15) is 5.52 Å². The number of phenols is 1. The highest BCUT2D eigenvalue weighted by atomic mass is 35.5. The van der Waals surface area contributed by atoms with E-state index in [1.54, 1.807) is 24.4 Å². The summed E-state index contributed by atoms with van der Waals surface area (Å²) in [6.07, 6.45) is 4.80. The first-order valence-corrected chi connectivity index (χ1v) is 10.5. The average Bonchev–Trinajstić information content (AvgIpc) is 3.37. The quantitative estimate of drug-likeness (QED) is 0.374. The molecule has 0 amide bonds. The monoisotopic (exact) mass is 508 g/mol. The maximum absolute atomic E-state index is 14.8. The number of nitrogens with one attached hydrogen (secondary N) is 2. The van der Waals surface area contributed by atoms with Gasteiger partial charge in [0.25, 0.3) is 0 Å². The van der Waals surface area contributed by atoms with E-state index in [0.29, 0.717) is 22.4 Å². The maximum atomic E-state index is 14.8. The van der Waals surface area contributed by atoms with Crippen LogP contribution < -0.4 is 5.32 Å². The van der Waals surface area contributed by atoms with Gasteiger partial charge in [0.15, 0.2) is 11.6 Å². The van der Waals surface area contributed by atoms with Crippen molar-refractivity contribution in [1.82, 2.24) is 40.7 Å². The molecular formula is C22H27Cl2FN8O. The van der Waals surface area contributed by atoms with E-state index in [4.69, 9.17) is 0 Å². The molecule has 0 atom stereocenters. The maximum Gasteiger partial charge on any atom is 0.201 e. The SMILES string of the molecule is CC1(C)CC(n2nnc3cc(-c4ccc(-c5cn[nH]c5)c(F)c4O)nnc32)CC(C)(C)N1.Cl.Cl. The molecular weight excluding hydrogens is 482 g/mol. The Morgan fingerprint density at radius 3 is 2.35 bits per heavy atom. The molecule has 0 unspecified atom stereocenters. The number of phenolic OH excluding ortho intramolecular Hbond substituents is 1. The minimum absolute atomic E-state index is 0. The molecule has 1 saturated heterocycles. The molecule has 12 heteroatoms. The number of piperidine rings is 1. The van der Waals surface area contributed by atoms with Crippen molar-refractivity contribution in [3.8, 4) is 28.1 Å². The topological polar surface area (TPSA) is 117 Å². The molecule has 0 bridgehead atoms. The van der Waals surface area contributed by atoms with E-state index in [-0.39, 0.29) is 53.1 Å². The summed E-state index contributed by atoms with van der Waals surface area (Å²) in [6, 6.07) is 4.98. The smallest absolute Gasteiger partial charge is 0.201 e. The third-order valence-corrected chi connectivity index (χ3v) is 5.94. The van der Waals surface area contributed by atoms with E-state index in [9.17, 15) is 9.50 Å². The van der Waals surface area contributed by atoms with Gasteiger partial charge in [-0.2, -0.15) is 5.10 Å². The first-order chi connectivity index (χ1) is 15.1. The highest BCUT2D eigenvalue weighted by molar-refractivity contribution is 5.85. The first-order valence-electron chi connectivity index (χ1n) is 10.5. The second-order valence-electron chi connectivity index (χ2n) is 9.74. The normalized spacial score (nSPS) is 17.2. The Kier molecular flexibility index (Phi) is 6.89. The molecule has 3 N–H and O–H groups in total. The van der Waals surface area contributed by atoms with Crippen LogP contribution in [0.25, 0.3) is 33.5 Å². The lowest BCUT2D eigenvalue weighted by Gasteiger charge is -2.46. The lowest BCUT2D eigenvalue weighted by Crippen LogP contribution is -2.58. The summed E-state index contributed by atoms with van der Waals surface area (Å²) >= 11 is 0. The van der Waals surface area contributed by atoms with Gasteiger partial charge in [0, 0.05) is 34.0 Å². The Labute approximate surface area is 208 Å². The molecule has 182 valence electrons. The Morgan fingerprint density at radius 1 is 1.03 bits per heavy atom. The van der Waals surface area contributed by atoms with E-state index in [1.165, 1.54) is 6.20 Å². The number of hydrogen-bond donors (Lipinski definition) is 3. The van der Waals surface area contributed by atoms with Crippen LogP contribution in [0, 0.1) is 5.82 Å². The third-order valence-electron chi connectivity index (χ3n) is 5.94. The van der Waals surface area contributed by atoms with Gasteiger partial charge in [-0.25, -0.2) is 9.07 Å². The van der Waals surface area contributed by atoms with Gasteiger partial charge in [-0.05, 0) is 52.7 Å². The van der Waals surface area contributed by atoms with E-state index >= 15 is 0 Å². The van der Waals surface area contributed by atoms with E-state index in [2.05, 4.69) is 63.7 Å². The summed E-state index contributed by atoms with van der Waals surface area (Å²) in [7, 11) is 0. The summed E-state index contributed by atoms with van der Waals surface area (Å²) in [6.45, 7) is 8.70. The van der Waals surface area contributed by atoms with Crippen molar-refractivity contribution >= 4 is 36.0 Å². The number of halogens is 3.